The van der Waals surface area contributed by atoms with Crippen molar-refractivity contribution in [3.63, 3.8) is 0 Å². The van der Waals surface area contributed by atoms with E-state index >= 15 is 0 Å². The second-order valence-electron chi connectivity index (χ2n) is 4.53. The van der Waals surface area contributed by atoms with Crippen LogP contribution in [0.25, 0.3) is 11.4 Å². The lowest BCUT2D eigenvalue weighted by Gasteiger charge is -2.21. The van der Waals surface area contributed by atoms with Crippen molar-refractivity contribution in [2.75, 3.05) is 7.11 Å². The fraction of sp³-hybridized carbons (Fsp3) is 0.214. The molecular formula is C14H12N2O4. The van der Waals surface area contributed by atoms with Crippen LogP contribution in [0.3, 0.4) is 0 Å². The van der Waals surface area contributed by atoms with Gasteiger partial charge in [-0.25, -0.2) is 9.78 Å². The van der Waals surface area contributed by atoms with Crippen LogP contribution in [0.4, 0.5) is 0 Å². The minimum absolute atomic E-state index is 0.300. The van der Waals surface area contributed by atoms with Gasteiger partial charge in [-0.3, -0.25) is 9.36 Å². The summed E-state index contributed by atoms with van der Waals surface area (Å²) in [5.41, 5.74) is 1.07. The highest BCUT2D eigenvalue weighted by molar-refractivity contribution is 5.87. The zero-order valence-corrected chi connectivity index (χ0v) is 10.8. The van der Waals surface area contributed by atoms with Crippen molar-refractivity contribution < 1.29 is 14.6 Å². The number of hydrogen-bond donors (Lipinski definition) is 1. The maximum Gasteiger partial charge on any atom is 0.342 e. The monoisotopic (exact) mass is 272 g/mol. The average molecular weight is 272 g/mol. The minimum Gasteiger partial charge on any atom is -0.497 e. The predicted molar refractivity (Wildman–Crippen MR) is 71.1 cm³/mol. The standard InChI is InChI=1S/C14H12N2O4/c1-20-9-2-3-10-8(6-9)4-5-16-12(10)15-7-11(13(16)17)14(18)19/h2-3,6-7H,4-5H2,1H3,(H,18,19). The molecule has 102 valence electrons. The van der Waals surface area contributed by atoms with Crippen LogP contribution in [0.15, 0.2) is 29.2 Å². The minimum atomic E-state index is -1.25. The quantitative estimate of drug-likeness (QED) is 0.887. The number of carbonyl (C=O) groups is 1. The van der Waals surface area contributed by atoms with Crippen molar-refractivity contribution in [1.29, 1.82) is 0 Å². The molecule has 0 fully saturated rings. The van der Waals surface area contributed by atoms with E-state index < -0.39 is 11.5 Å². The van der Waals surface area contributed by atoms with Crippen LogP contribution in [0.1, 0.15) is 15.9 Å². The van der Waals surface area contributed by atoms with Crippen LogP contribution < -0.4 is 10.3 Å². The van der Waals surface area contributed by atoms with E-state index in [1.807, 2.05) is 12.1 Å². The maximum atomic E-state index is 12.1. The number of ether oxygens (including phenoxy) is 1. The summed E-state index contributed by atoms with van der Waals surface area (Å²) in [6.07, 6.45) is 1.76. The molecule has 0 radical (unpaired) electrons. The largest absolute Gasteiger partial charge is 0.497 e. The van der Waals surface area contributed by atoms with E-state index in [-0.39, 0.29) is 5.56 Å². The number of carboxylic acids is 1. The molecule has 2 heterocycles. The Kier molecular flexibility index (Phi) is 2.78. The summed E-state index contributed by atoms with van der Waals surface area (Å²) < 4.78 is 6.59. The van der Waals surface area contributed by atoms with Crippen LogP contribution >= 0.6 is 0 Å². The normalized spacial score (nSPS) is 12.4. The molecule has 0 atom stereocenters. The molecule has 1 aliphatic rings. The first-order valence-electron chi connectivity index (χ1n) is 6.12. The van der Waals surface area contributed by atoms with Gasteiger partial charge in [-0.05, 0) is 30.2 Å². The van der Waals surface area contributed by atoms with Crippen molar-refractivity contribution in [2.24, 2.45) is 0 Å². The molecule has 0 bridgehead atoms. The van der Waals surface area contributed by atoms with E-state index in [0.717, 1.165) is 23.1 Å². The lowest BCUT2D eigenvalue weighted by atomic mass is 9.99. The molecule has 1 aromatic heterocycles. The third kappa shape index (κ3) is 1.77. The molecule has 6 heteroatoms. The van der Waals surface area contributed by atoms with Crippen LogP contribution in [0.5, 0.6) is 5.75 Å². The molecule has 0 amide bonds. The van der Waals surface area contributed by atoms with Gasteiger partial charge in [0, 0.05) is 18.3 Å². The number of benzene rings is 1. The summed E-state index contributed by atoms with van der Waals surface area (Å²) in [6.45, 7) is 0.419. The third-order valence-corrected chi connectivity index (χ3v) is 3.44. The summed E-state index contributed by atoms with van der Waals surface area (Å²) in [7, 11) is 1.60. The van der Waals surface area contributed by atoms with Crippen molar-refractivity contribution in [3.8, 4) is 17.1 Å². The SMILES string of the molecule is COc1ccc2c(c1)CCn1c-2ncc(C(=O)O)c1=O. The highest BCUT2D eigenvalue weighted by Crippen LogP contribution is 2.29. The van der Waals surface area contributed by atoms with Gasteiger partial charge >= 0.3 is 5.97 Å². The van der Waals surface area contributed by atoms with Gasteiger partial charge in [-0.2, -0.15) is 0 Å². The molecule has 2 aromatic rings. The van der Waals surface area contributed by atoms with Gasteiger partial charge in [0.15, 0.2) is 0 Å². The molecule has 1 aliphatic heterocycles. The number of nitrogens with zero attached hydrogens (tertiary/aromatic N) is 2. The molecule has 20 heavy (non-hydrogen) atoms. The Hall–Kier alpha value is -2.63. The van der Waals surface area contributed by atoms with Crippen molar-refractivity contribution in [3.05, 3.63) is 45.9 Å². The Bertz CT molecular complexity index is 764. The zero-order chi connectivity index (χ0) is 14.3. The summed E-state index contributed by atoms with van der Waals surface area (Å²) in [4.78, 5) is 27.2. The van der Waals surface area contributed by atoms with Gasteiger partial charge < -0.3 is 9.84 Å². The van der Waals surface area contributed by atoms with E-state index in [1.165, 1.54) is 4.57 Å². The fourth-order valence-corrected chi connectivity index (χ4v) is 2.42. The Labute approximate surface area is 114 Å². The number of aryl methyl sites for hydroxylation is 1. The molecule has 3 rings (SSSR count). The highest BCUT2D eigenvalue weighted by Gasteiger charge is 2.22. The number of rotatable bonds is 2. The van der Waals surface area contributed by atoms with Crippen LogP contribution in [0, 0.1) is 0 Å². The molecular weight excluding hydrogens is 260 g/mol. The average Bonchev–Trinajstić information content (AvgIpc) is 2.46. The second-order valence-corrected chi connectivity index (χ2v) is 4.53. The molecule has 0 saturated heterocycles. The zero-order valence-electron chi connectivity index (χ0n) is 10.8. The van der Waals surface area contributed by atoms with Crippen LogP contribution in [-0.2, 0) is 13.0 Å². The van der Waals surface area contributed by atoms with Gasteiger partial charge in [-0.1, -0.05) is 0 Å². The summed E-state index contributed by atoms with van der Waals surface area (Å²) >= 11 is 0. The van der Waals surface area contributed by atoms with Gasteiger partial charge in [0.05, 0.1) is 7.11 Å². The molecule has 0 unspecified atom stereocenters. The molecule has 6 nitrogen and oxygen atoms in total. The van der Waals surface area contributed by atoms with Crippen molar-refractivity contribution in [2.45, 2.75) is 13.0 Å². The van der Waals surface area contributed by atoms with Crippen LogP contribution in [0.2, 0.25) is 0 Å². The van der Waals surface area contributed by atoms with Gasteiger partial charge in [0.25, 0.3) is 5.56 Å². The number of methoxy groups -OCH3 is 1. The lowest BCUT2D eigenvalue weighted by Crippen LogP contribution is -2.31. The van der Waals surface area contributed by atoms with E-state index in [9.17, 15) is 9.59 Å². The number of carboxylic acid groups (broad SMARTS) is 1. The fourth-order valence-electron chi connectivity index (χ4n) is 2.42. The summed E-state index contributed by atoms with van der Waals surface area (Å²) in [6, 6.07) is 5.55. The number of aromatic nitrogens is 2. The van der Waals surface area contributed by atoms with Crippen molar-refractivity contribution >= 4 is 5.97 Å². The number of aromatic carboxylic acids is 1. The van der Waals surface area contributed by atoms with Crippen molar-refractivity contribution in [1.82, 2.24) is 9.55 Å². The van der Waals surface area contributed by atoms with Crippen LogP contribution in [-0.4, -0.2) is 27.7 Å². The third-order valence-electron chi connectivity index (χ3n) is 3.44. The molecule has 0 spiro atoms. The topological polar surface area (TPSA) is 81.4 Å². The number of hydrogen-bond acceptors (Lipinski definition) is 4. The van der Waals surface area contributed by atoms with Gasteiger partial charge in [0.1, 0.15) is 17.1 Å². The summed E-state index contributed by atoms with van der Waals surface area (Å²) in [5, 5.41) is 8.96. The Morgan fingerprint density at radius 1 is 1.45 bits per heavy atom. The Morgan fingerprint density at radius 3 is 2.95 bits per heavy atom. The first-order chi connectivity index (χ1) is 9.61. The lowest BCUT2D eigenvalue weighted by molar-refractivity contribution is 0.0693. The van der Waals surface area contributed by atoms with Gasteiger partial charge in [-0.15, -0.1) is 0 Å². The van der Waals surface area contributed by atoms with E-state index in [2.05, 4.69) is 4.98 Å². The molecule has 0 aliphatic carbocycles. The van der Waals surface area contributed by atoms with E-state index in [1.54, 1.807) is 13.2 Å². The predicted octanol–water partition coefficient (Wildman–Crippen LogP) is 1.17. The molecule has 0 saturated carbocycles. The highest BCUT2D eigenvalue weighted by atomic mass is 16.5. The summed E-state index contributed by atoms with van der Waals surface area (Å²) in [5.74, 6) is 0.00364. The maximum absolute atomic E-state index is 12.1. The Morgan fingerprint density at radius 2 is 2.25 bits per heavy atom. The second kappa shape index (κ2) is 4.48. The van der Waals surface area contributed by atoms with Gasteiger partial charge in [0.2, 0.25) is 0 Å². The number of fused-ring (bicyclic) bond motifs is 3. The first kappa shape index (κ1) is 12.4. The molecule has 1 N–H and O–H groups in total. The van der Waals surface area contributed by atoms with E-state index in [0.29, 0.717) is 18.8 Å². The molecule has 1 aromatic carbocycles. The smallest absolute Gasteiger partial charge is 0.342 e. The Balaban J connectivity index is 2.21. The van der Waals surface area contributed by atoms with E-state index in [4.69, 9.17) is 9.84 Å². The first-order valence-corrected chi connectivity index (χ1v) is 6.12.